The summed E-state index contributed by atoms with van der Waals surface area (Å²) < 4.78 is 44.9. The fourth-order valence-electron chi connectivity index (χ4n) is 4.03. The molecule has 2 aromatic rings. The number of rotatable bonds is 3. The van der Waals surface area contributed by atoms with Gasteiger partial charge in [0.15, 0.2) is 0 Å². The van der Waals surface area contributed by atoms with E-state index in [4.69, 9.17) is 4.74 Å². The first-order valence-corrected chi connectivity index (χ1v) is 10.1. The van der Waals surface area contributed by atoms with Crippen molar-refractivity contribution in [2.45, 2.75) is 51.4 Å². The molecule has 0 aliphatic carbocycles. The molecule has 0 saturated carbocycles. The van der Waals surface area contributed by atoms with Crippen LogP contribution in [0.1, 0.15) is 64.4 Å². The lowest BCUT2D eigenvalue weighted by atomic mass is 9.81. The normalized spacial score (nSPS) is 17.2. The fourth-order valence-corrected chi connectivity index (χ4v) is 5.29. The summed E-state index contributed by atoms with van der Waals surface area (Å²) in [6.07, 6.45) is -4.18. The van der Waals surface area contributed by atoms with E-state index in [-0.39, 0.29) is 16.1 Å². The van der Waals surface area contributed by atoms with Gasteiger partial charge in [-0.2, -0.15) is 13.2 Å². The number of hydrogen-bond donors (Lipinski definition) is 2. The van der Waals surface area contributed by atoms with Gasteiger partial charge in [0, 0.05) is 16.0 Å². The zero-order valence-electron chi connectivity index (χ0n) is 17.3. The molecule has 0 radical (unpaired) electrons. The van der Waals surface area contributed by atoms with Crippen molar-refractivity contribution in [3.63, 3.8) is 0 Å². The van der Waals surface area contributed by atoms with Crippen molar-refractivity contribution in [3.8, 4) is 0 Å². The molecule has 2 heterocycles. The Morgan fingerprint density at radius 3 is 2.40 bits per heavy atom. The summed E-state index contributed by atoms with van der Waals surface area (Å²) in [6, 6.07) is 4.54. The minimum Gasteiger partial charge on any atom is -0.465 e. The summed E-state index contributed by atoms with van der Waals surface area (Å²) in [5, 5.41) is 6.21. The van der Waals surface area contributed by atoms with Gasteiger partial charge >= 0.3 is 12.1 Å². The van der Waals surface area contributed by atoms with E-state index in [1.807, 2.05) is 27.7 Å². The fraction of sp³-hybridized carbons (Fsp3) is 0.429. The van der Waals surface area contributed by atoms with Crippen LogP contribution in [0.25, 0.3) is 0 Å². The van der Waals surface area contributed by atoms with E-state index >= 15 is 0 Å². The molecule has 5 nitrogen and oxygen atoms in total. The van der Waals surface area contributed by atoms with Gasteiger partial charge in [0.2, 0.25) is 0 Å². The van der Waals surface area contributed by atoms with Crippen LogP contribution >= 0.6 is 11.3 Å². The maximum Gasteiger partial charge on any atom is 0.417 e. The first-order valence-electron chi connectivity index (χ1n) is 9.28. The van der Waals surface area contributed by atoms with E-state index in [2.05, 4.69) is 10.6 Å². The number of ether oxygens (including phenoxy) is 1. The standard InChI is InChI=1S/C21H23F3N2O3S/c1-19(2)10-12-14(18(28)29-5)17(30-15(12)20(3,4)26-19)25-16(27)11-8-6-7-9-13(11)21(22,23)24/h6-9,26H,10H2,1-5H3,(H,25,27). The van der Waals surface area contributed by atoms with Gasteiger partial charge in [-0.1, -0.05) is 12.1 Å². The number of nitrogens with one attached hydrogen (secondary N) is 2. The molecule has 0 bridgehead atoms. The number of carbonyl (C=O) groups is 2. The molecular formula is C21H23F3N2O3S. The van der Waals surface area contributed by atoms with Crippen molar-refractivity contribution < 1.29 is 27.5 Å². The predicted molar refractivity (Wildman–Crippen MR) is 109 cm³/mol. The lowest BCUT2D eigenvalue weighted by molar-refractivity contribution is -0.137. The Bertz CT molecular complexity index is 1010. The molecular weight excluding hydrogens is 417 g/mol. The van der Waals surface area contributed by atoms with Crippen LogP contribution in [0, 0.1) is 0 Å². The minimum absolute atomic E-state index is 0.182. The van der Waals surface area contributed by atoms with Gasteiger partial charge in [-0.15, -0.1) is 11.3 Å². The highest BCUT2D eigenvalue weighted by Crippen LogP contribution is 2.45. The van der Waals surface area contributed by atoms with E-state index in [1.54, 1.807) is 0 Å². The molecule has 162 valence electrons. The van der Waals surface area contributed by atoms with Gasteiger partial charge in [0.25, 0.3) is 5.91 Å². The number of halogens is 3. The van der Waals surface area contributed by atoms with E-state index in [0.717, 1.165) is 22.6 Å². The highest BCUT2D eigenvalue weighted by molar-refractivity contribution is 7.17. The van der Waals surface area contributed by atoms with Crippen LogP contribution in [-0.4, -0.2) is 24.5 Å². The van der Waals surface area contributed by atoms with Crippen LogP contribution in [-0.2, 0) is 22.9 Å². The highest BCUT2D eigenvalue weighted by Gasteiger charge is 2.42. The van der Waals surface area contributed by atoms with Crippen LogP contribution in [0.4, 0.5) is 18.2 Å². The number of hydrogen-bond acceptors (Lipinski definition) is 5. The Balaban J connectivity index is 2.10. The summed E-state index contributed by atoms with van der Waals surface area (Å²) in [7, 11) is 1.23. The predicted octanol–water partition coefficient (Wildman–Crippen LogP) is 4.97. The third kappa shape index (κ3) is 4.09. The maximum atomic E-state index is 13.3. The Morgan fingerprint density at radius 2 is 1.80 bits per heavy atom. The minimum atomic E-state index is -4.68. The zero-order chi connectivity index (χ0) is 22.5. The van der Waals surface area contributed by atoms with Crippen molar-refractivity contribution in [1.29, 1.82) is 0 Å². The van der Waals surface area contributed by atoms with E-state index in [9.17, 15) is 22.8 Å². The van der Waals surface area contributed by atoms with E-state index in [0.29, 0.717) is 6.42 Å². The number of fused-ring (bicyclic) bond motifs is 1. The van der Waals surface area contributed by atoms with Crippen molar-refractivity contribution in [2.24, 2.45) is 0 Å². The average molecular weight is 440 g/mol. The maximum absolute atomic E-state index is 13.3. The van der Waals surface area contributed by atoms with E-state index < -0.39 is 34.7 Å². The molecule has 0 atom stereocenters. The Morgan fingerprint density at radius 1 is 1.17 bits per heavy atom. The first-order chi connectivity index (χ1) is 13.8. The monoisotopic (exact) mass is 440 g/mol. The average Bonchev–Trinajstić information content (AvgIpc) is 2.97. The molecule has 0 unspecified atom stereocenters. The Kier molecular flexibility index (Phi) is 5.49. The number of methoxy groups -OCH3 is 1. The summed E-state index contributed by atoms with van der Waals surface area (Å²) >= 11 is 1.17. The van der Waals surface area contributed by atoms with Gasteiger partial charge in [-0.25, -0.2) is 4.79 Å². The second-order valence-corrected chi connectivity index (χ2v) is 9.43. The topological polar surface area (TPSA) is 67.4 Å². The number of anilines is 1. The summed E-state index contributed by atoms with van der Waals surface area (Å²) in [6.45, 7) is 7.90. The molecule has 0 spiro atoms. The lowest BCUT2D eigenvalue weighted by Gasteiger charge is -2.42. The summed E-state index contributed by atoms with van der Waals surface area (Å²) in [4.78, 5) is 26.2. The van der Waals surface area contributed by atoms with Crippen molar-refractivity contribution in [1.82, 2.24) is 5.32 Å². The lowest BCUT2D eigenvalue weighted by Crippen LogP contribution is -2.55. The SMILES string of the molecule is COC(=O)c1c(NC(=O)c2ccccc2C(F)(F)F)sc2c1CC(C)(C)NC2(C)C. The molecule has 1 aromatic carbocycles. The van der Waals surface area contributed by atoms with Crippen molar-refractivity contribution in [3.05, 3.63) is 51.4 Å². The molecule has 1 amide bonds. The number of carbonyl (C=O) groups excluding carboxylic acids is 2. The third-order valence-corrected chi connectivity index (χ3v) is 6.41. The van der Waals surface area contributed by atoms with Gasteiger partial charge < -0.3 is 15.4 Å². The molecule has 9 heteroatoms. The van der Waals surface area contributed by atoms with Gasteiger partial charge in [0.1, 0.15) is 5.00 Å². The van der Waals surface area contributed by atoms with Crippen LogP contribution in [0.5, 0.6) is 0 Å². The van der Waals surface area contributed by atoms with Gasteiger partial charge in [-0.05, 0) is 51.8 Å². The molecule has 1 aliphatic heterocycles. The quantitative estimate of drug-likeness (QED) is 0.662. The van der Waals surface area contributed by atoms with Crippen LogP contribution in [0.15, 0.2) is 24.3 Å². The number of amides is 1. The number of esters is 1. The Labute approximate surface area is 176 Å². The van der Waals surface area contributed by atoms with Crippen LogP contribution in [0.3, 0.4) is 0 Å². The second kappa shape index (κ2) is 7.39. The highest BCUT2D eigenvalue weighted by atomic mass is 32.1. The van der Waals surface area contributed by atoms with E-state index in [1.165, 1.54) is 30.6 Å². The molecule has 1 aliphatic rings. The summed E-state index contributed by atoms with van der Waals surface area (Å²) in [5.41, 5.74) is -1.45. The molecule has 30 heavy (non-hydrogen) atoms. The number of alkyl halides is 3. The van der Waals surface area contributed by atoms with Gasteiger partial charge in [-0.3, -0.25) is 4.79 Å². The molecule has 0 saturated heterocycles. The summed E-state index contributed by atoms with van der Waals surface area (Å²) in [5.74, 6) is -1.57. The molecule has 2 N–H and O–H groups in total. The Hall–Kier alpha value is -2.39. The third-order valence-electron chi connectivity index (χ3n) is 4.94. The first kappa shape index (κ1) is 22.3. The van der Waals surface area contributed by atoms with Gasteiger partial charge in [0.05, 0.1) is 23.8 Å². The number of thiophene rings is 1. The zero-order valence-corrected chi connectivity index (χ0v) is 18.1. The largest absolute Gasteiger partial charge is 0.465 e. The van der Waals surface area contributed by atoms with Crippen LogP contribution < -0.4 is 10.6 Å². The smallest absolute Gasteiger partial charge is 0.417 e. The second-order valence-electron chi connectivity index (χ2n) is 8.41. The van der Waals surface area contributed by atoms with Crippen molar-refractivity contribution in [2.75, 3.05) is 12.4 Å². The number of benzene rings is 1. The molecule has 0 fully saturated rings. The van der Waals surface area contributed by atoms with Crippen molar-refractivity contribution >= 4 is 28.2 Å². The molecule has 3 rings (SSSR count). The molecule has 1 aromatic heterocycles. The van der Waals surface area contributed by atoms with Crippen LogP contribution in [0.2, 0.25) is 0 Å².